The van der Waals surface area contributed by atoms with E-state index in [1.807, 2.05) is 23.1 Å². The molecule has 1 aromatic heterocycles. The first-order chi connectivity index (χ1) is 5.84. The van der Waals surface area contributed by atoms with Gasteiger partial charge in [-0.3, -0.25) is 0 Å². The van der Waals surface area contributed by atoms with Crippen LogP contribution in [0.4, 0.5) is 0 Å². The third-order valence-corrected chi connectivity index (χ3v) is 4.60. The standard InChI is InChI=1S/C8H12BrNS2/c9-7-2-5-12-8(7)6-11-4-1-3-10/h2,5H,1,3-4,6,10H2. The molecule has 0 aliphatic rings. The van der Waals surface area contributed by atoms with Gasteiger partial charge in [0.15, 0.2) is 0 Å². The van der Waals surface area contributed by atoms with Gasteiger partial charge in [0.25, 0.3) is 0 Å². The Hall–Kier alpha value is 0.490. The van der Waals surface area contributed by atoms with E-state index >= 15 is 0 Å². The van der Waals surface area contributed by atoms with Gasteiger partial charge in [-0.2, -0.15) is 11.8 Å². The van der Waals surface area contributed by atoms with E-state index in [0.717, 1.165) is 18.7 Å². The second-order valence-corrected chi connectivity index (χ2v) is 5.35. The summed E-state index contributed by atoms with van der Waals surface area (Å²) in [6.45, 7) is 0.804. The molecule has 68 valence electrons. The highest BCUT2D eigenvalue weighted by atomic mass is 79.9. The van der Waals surface area contributed by atoms with Crippen molar-refractivity contribution in [2.75, 3.05) is 12.3 Å². The SMILES string of the molecule is NCCCSCc1sccc1Br. The molecule has 4 heteroatoms. The molecule has 2 N–H and O–H groups in total. The summed E-state index contributed by atoms with van der Waals surface area (Å²) in [5, 5.41) is 2.11. The first-order valence-corrected chi connectivity index (χ1v) is 6.67. The molecule has 0 atom stereocenters. The largest absolute Gasteiger partial charge is 0.330 e. The van der Waals surface area contributed by atoms with E-state index < -0.39 is 0 Å². The number of halogens is 1. The van der Waals surface area contributed by atoms with Crippen molar-refractivity contribution >= 4 is 39.0 Å². The van der Waals surface area contributed by atoms with Crippen molar-refractivity contribution in [1.29, 1.82) is 0 Å². The van der Waals surface area contributed by atoms with Crippen LogP contribution < -0.4 is 5.73 Å². The van der Waals surface area contributed by atoms with Crippen LogP contribution in [-0.4, -0.2) is 12.3 Å². The Kier molecular flexibility index (Phi) is 5.30. The van der Waals surface area contributed by atoms with Gasteiger partial charge in [0.1, 0.15) is 0 Å². The first kappa shape index (κ1) is 10.6. The van der Waals surface area contributed by atoms with Crippen molar-refractivity contribution in [2.45, 2.75) is 12.2 Å². The summed E-state index contributed by atoms with van der Waals surface area (Å²) in [6.07, 6.45) is 1.12. The predicted molar refractivity (Wildman–Crippen MR) is 61.9 cm³/mol. The van der Waals surface area contributed by atoms with Crippen molar-refractivity contribution in [3.63, 3.8) is 0 Å². The Morgan fingerprint density at radius 3 is 3.00 bits per heavy atom. The Morgan fingerprint density at radius 2 is 2.42 bits per heavy atom. The molecule has 1 nitrogen and oxygen atoms in total. The number of hydrogen-bond donors (Lipinski definition) is 1. The maximum absolute atomic E-state index is 5.40. The monoisotopic (exact) mass is 265 g/mol. The average molecular weight is 266 g/mol. The summed E-state index contributed by atoms with van der Waals surface area (Å²) in [6, 6.07) is 2.10. The molecule has 0 fully saturated rings. The van der Waals surface area contributed by atoms with Crippen LogP contribution in [-0.2, 0) is 5.75 Å². The van der Waals surface area contributed by atoms with Crippen LogP contribution in [0, 0.1) is 0 Å². The number of nitrogens with two attached hydrogens (primary N) is 1. The molecule has 1 aromatic rings. The van der Waals surface area contributed by atoms with Crippen LogP contribution in [0.5, 0.6) is 0 Å². The van der Waals surface area contributed by atoms with Crippen molar-refractivity contribution in [2.24, 2.45) is 5.73 Å². The maximum atomic E-state index is 5.40. The molecule has 1 rings (SSSR count). The van der Waals surface area contributed by atoms with Gasteiger partial charge in [-0.05, 0) is 46.1 Å². The van der Waals surface area contributed by atoms with E-state index in [4.69, 9.17) is 5.73 Å². The van der Waals surface area contributed by atoms with Crippen molar-refractivity contribution in [1.82, 2.24) is 0 Å². The minimum atomic E-state index is 0.804. The Morgan fingerprint density at radius 1 is 1.58 bits per heavy atom. The smallest absolute Gasteiger partial charge is 0.0322 e. The van der Waals surface area contributed by atoms with Gasteiger partial charge in [0.05, 0.1) is 0 Å². The average Bonchev–Trinajstić information content (AvgIpc) is 2.46. The Bertz CT molecular complexity index is 225. The van der Waals surface area contributed by atoms with Gasteiger partial charge in [-0.25, -0.2) is 0 Å². The topological polar surface area (TPSA) is 26.0 Å². The van der Waals surface area contributed by atoms with Gasteiger partial charge < -0.3 is 5.73 Å². The van der Waals surface area contributed by atoms with Crippen molar-refractivity contribution < 1.29 is 0 Å². The van der Waals surface area contributed by atoms with Crippen LogP contribution in [0.2, 0.25) is 0 Å². The molecule has 0 saturated heterocycles. The molecular weight excluding hydrogens is 254 g/mol. The number of thiophene rings is 1. The van der Waals surface area contributed by atoms with E-state index in [2.05, 4.69) is 27.4 Å². The van der Waals surface area contributed by atoms with Gasteiger partial charge >= 0.3 is 0 Å². The fourth-order valence-corrected chi connectivity index (χ4v) is 3.62. The zero-order chi connectivity index (χ0) is 8.81. The predicted octanol–water partition coefficient (Wildman–Crippen LogP) is 3.09. The quantitative estimate of drug-likeness (QED) is 0.829. The lowest BCUT2D eigenvalue weighted by Gasteiger charge is -1.98. The normalized spacial score (nSPS) is 10.5. The fraction of sp³-hybridized carbons (Fsp3) is 0.500. The summed E-state index contributed by atoms with van der Waals surface area (Å²) < 4.78 is 1.24. The lowest BCUT2D eigenvalue weighted by atomic mass is 10.5. The van der Waals surface area contributed by atoms with Gasteiger partial charge in [0, 0.05) is 15.1 Å². The number of thioether (sulfide) groups is 1. The van der Waals surface area contributed by atoms with E-state index in [1.54, 1.807) is 0 Å². The third-order valence-electron chi connectivity index (χ3n) is 1.42. The summed E-state index contributed by atoms with van der Waals surface area (Å²) >= 11 is 7.27. The molecular formula is C8H12BrNS2. The van der Waals surface area contributed by atoms with Crippen LogP contribution in [0.3, 0.4) is 0 Å². The number of hydrogen-bond acceptors (Lipinski definition) is 3. The maximum Gasteiger partial charge on any atom is 0.0322 e. The molecule has 0 aromatic carbocycles. The fourth-order valence-electron chi connectivity index (χ4n) is 0.778. The lowest BCUT2D eigenvalue weighted by Crippen LogP contribution is -1.99. The van der Waals surface area contributed by atoms with E-state index in [0.29, 0.717) is 0 Å². The molecule has 0 aliphatic heterocycles. The van der Waals surface area contributed by atoms with Crippen molar-refractivity contribution in [3.05, 3.63) is 20.8 Å². The first-order valence-electron chi connectivity index (χ1n) is 3.84. The molecule has 0 amide bonds. The summed E-state index contributed by atoms with van der Waals surface area (Å²) in [5.74, 6) is 2.28. The lowest BCUT2D eigenvalue weighted by molar-refractivity contribution is 0.943. The van der Waals surface area contributed by atoms with Crippen molar-refractivity contribution in [3.8, 4) is 0 Å². The Labute approximate surface area is 89.9 Å². The van der Waals surface area contributed by atoms with E-state index in [-0.39, 0.29) is 0 Å². The van der Waals surface area contributed by atoms with Crippen LogP contribution in [0.15, 0.2) is 15.9 Å². The molecule has 0 aliphatic carbocycles. The highest BCUT2D eigenvalue weighted by Crippen LogP contribution is 2.26. The second-order valence-electron chi connectivity index (χ2n) is 2.39. The van der Waals surface area contributed by atoms with Gasteiger partial charge in [-0.15, -0.1) is 11.3 Å². The molecule has 0 radical (unpaired) electrons. The van der Waals surface area contributed by atoms with Crippen LogP contribution in [0.25, 0.3) is 0 Å². The third kappa shape index (κ3) is 3.47. The molecule has 1 heterocycles. The van der Waals surface area contributed by atoms with Gasteiger partial charge in [0.2, 0.25) is 0 Å². The minimum Gasteiger partial charge on any atom is -0.330 e. The van der Waals surface area contributed by atoms with Gasteiger partial charge in [-0.1, -0.05) is 0 Å². The zero-order valence-corrected chi connectivity index (χ0v) is 9.97. The molecule has 0 unspecified atom stereocenters. The number of rotatable bonds is 5. The summed E-state index contributed by atoms with van der Waals surface area (Å²) in [7, 11) is 0. The molecule has 0 bridgehead atoms. The van der Waals surface area contributed by atoms with Crippen LogP contribution >= 0.6 is 39.0 Å². The Balaban J connectivity index is 2.20. The molecule has 12 heavy (non-hydrogen) atoms. The second kappa shape index (κ2) is 6.02. The highest BCUT2D eigenvalue weighted by Gasteiger charge is 1.99. The molecule has 0 spiro atoms. The van der Waals surface area contributed by atoms with E-state index in [1.165, 1.54) is 15.1 Å². The summed E-state index contributed by atoms with van der Waals surface area (Å²) in [5.41, 5.74) is 5.40. The van der Waals surface area contributed by atoms with E-state index in [9.17, 15) is 0 Å². The zero-order valence-electron chi connectivity index (χ0n) is 6.75. The molecule has 0 saturated carbocycles. The van der Waals surface area contributed by atoms with Crippen LogP contribution in [0.1, 0.15) is 11.3 Å². The minimum absolute atomic E-state index is 0.804. The summed E-state index contributed by atoms with van der Waals surface area (Å²) in [4.78, 5) is 1.43. The highest BCUT2D eigenvalue weighted by molar-refractivity contribution is 9.10.